The topological polar surface area (TPSA) is 58.6 Å². The molecule has 0 saturated carbocycles. The second kappa shape index (κ2) is 11.4. The summed E-state index contributed by atoms with van der Waals surface area (Å²) in [7, 11) is 0. The third-order valence-electron chi connectivity index (χ3n) is 6.16. The zero-order valence-corrected chi connectivity index (χ0v) is 19.9. The van der Waals surface area contributed by atoms with Crippen molar-refractivity contribution in [1.29, 1.82) is 0 Å². The van der Waals surface area contributed by atoms with Crippen molar-refractivity contribution in [2.45, 2.75) is 38.9 Å². The zero-order valence-electron chi connectivity index (χ0n) is 19.9. The quantitative estimate of drug-likeness (QED) is 0.441. The molecule has 1 aliphatic rings. The number of ether oxygens (including phenoxy) is 1. The van der Waals surface area contributed by atoms with E-state index in [1.165, 1.54) is 6.92 Å². The van der Waals surface area contributed by atoms with E-state index >= 15 is 0 Å². The van der Waals surface area contributed by atoms with E-state index in [2.05, 4.69) is 11.4 Å². The minimum atomic E-state index is -1.30. The molecule has 1 fully saturated rings. The van der Waals surface area contributed by atoms with Gasteiger partial charge in [0.15, 0.2) is 11.6 Å². The average molecular weight is 497 g/mol. The molecule has 0 unspecified atom stereocenters. The number of likely N-dealkylation sites (tertiary alicyclic amines) is 1. The molecule has 1 aliphatic heterocycles. The summed E-state index contributed by atoms with van der Waals surface area (Å²) in [4.78, 5) is 25.3. The normalized spacial score (nSPS) is 14.1. The van der Waals surface area contributed by atoms with Gasteiger partial charge in [0.1, 0.15) is 5.82 Å². The number of nitrogens with one attached hydrogen (secondary N) is 1. The fraction of sp³-hybridized carbons (Fsp3) is 0.286. The first-order valence-corrected chi connectivity index (χ1v) is 11.8. The molecule has 0 aromatic heterocycles. The zero-order chi connectivity index (χ0) is 25.7. The van der Waals surface area contributed by atoms with Crippen LogP contribution >= 0.6 is 0 Å². The third kappa shape index (κ3) is 6.51. The Morgan fingerprint density at radius 2 is 1.69 bits per heavy atom. The van der Waals surface area contributed by atoms with E-state index in [-0.39, 0.29) is 29.9 Å². The third-order valence-corrected chi connectivity index (χ3v) is 6.16. The molecule has 36 heavy (non-hydrogen) atoms. The minimum absolute atomic E-state index is 0.0296. The molecule has 1 N–H and O–H groups in total. The van der Waals surface area contributed by atoms with Crippen molar-refractivity contribution in [3.8, 4) is 11.1 Å². The molecule has 5 nitrogen and oxygen atoms in total. The Hall–Kier alpha value is -3.65. The van der Waals surface area contributed by atoms with Gasteiger partial charge in [0.2, 0.25) is 11.8 Å². The molecule has 0 bridgehead atoms. The summed E-state index contributed by atoms with van der Waals surface area (Å²) < 4.78 is 46.8. The molecular formula is C28H27F3N2O3. The van der Waals surface area contributed by atoms with Crippen molar-refractivity contribution in [2.75, 3.05) is 18.4 Å². The van der Waals surface area contributed by atoms with Crippen LogP contribution in [0.5, 0.6) is 0 Å². The Labute approximate surface area is 207 Å². The van der Waals surface area contributed by atoms with E-state index in [4.69, 9.17) is 4.74 Å². The van der Waals surface area contributed by atoms with Gasteiger partial charge in [0.05, 0.1) is 19.1 Å². The second-order valence-electron chi connectivity index (χ2n) is 8.89. The van der Waals surface area contributed by atoms with Crippen molar-refractivity contribution >= 4 is 17.5 Å². The number of hydrogen-bond acceptors (Lipinski definition) is 3. The lowest BCUT2D eigenvalue weighted by Crippen LogP contribution is -2.41. The Balaban J connectivity index is 1.28. The van der Waals surface area contributed by atoms with Crippen molar-refractivity contribution in [1.82, 2.24) is 4.90 Å². The summed E-state index contributed by atoms with van der Waals surface area (Å²) in [5, 5.41) is 2.75. The van der Waals surface area contributed by atoms with Gasteiger partial charge in [0.25, 0.3) is 0 Å². The number of hydrogen-bond donors (Lipinski definition) is 1. The molecule has 0 aliphatic carbocycles. The highest BCUT2D eigenvalue weighted by Crippen LogP contribution is 2.24. The smallest absolute Gasteiger partial charge is 0.227 e. The molecule has 4 rings (SSSR count). The van der Waals surface area contributed by atoms with Crippen LogP contribution in [0, 0.1) is 17.5 Å². The highest BCUT2D eigenvalue weighted by atomic mass is 19.2. The van der Waals surface area contributed by atoms with Gasteiger partial charge in [-0.15, -0.1) is 0 Å². The van der Waals surface area contributed by atoms with Crippen LogP contribution in [0.15, 0.2) is 60.7 Å². The van der Waals surface area contributed by atoms with Crippen LogP contribution in [0.25, 0.3) is 11.1 Å². The average Bonchev–Trinajstić information content (AvgIpc) is 2.86. The summed E-state index contributed by atoms with van der Waals surface area (Å²) in [6, 6.07) is 16.9. The number of piperidine rings is 1. The maximum Gasteiger partial charge on any atom is 0.227 e. The van der Waals surface area contributed by atoms with Gasteiger partial charge in [-0.2, -0.15) is 0 Å². The molecule has 3 aromatic rings. The Morgan fingerprint density at radius 1 is 0.972 bits per heavy atom. The molecule has 0 atom stereocenters. The summed E-state index contributed by atoms with van der Waals surface area (Å²) in [6.45, 7) is 2.76. The van der Waals surface area contributed by atoms with E-state index in [1.54, 1.807) is 4.90 Å². The molecule has 1 saturated heterocycles. The van der Waals surface area contributed by atoms with Crippen molar-refractivity contribution in [2.24, 2.45) is 0 Å². The van der Waals surface area contributed by atoms with E-state index < -0.39 is 17.5 Å². The lowest BCUT2D eigenvalue weighted by Gasteiger charge is -2.32. The van der Waals surface area contributed by atoms with E-state index in [1.807, 2.05) is 42.5 Å². The van der Waals surface area contributed by atoms with Gasteiger partial charge in [-0.05, 0) is 53.8 Å². The van der Waals surface area contributed by atoms with E-state index in [0.717, 1.165) is 28.4 Å². The fourth-order valence-corrected chi connectivity index (χ4v) is 4.29. The van der Waals surface area contributed by atoms with Crippen molar-refractivity contribution in [3.63, 3.8) is 0 Å². The largest absolute Gasteiger partial charge is 0.373 e. The number of carbonyl (C=O) groups excluding carboxylic acids is 2. The Bertz CT molecular complexity index is 1240. The van der Waals surface area contributed by atoms with Crippen molar-refractivity contribution in [3.05, 3.63) is 89.2 Å². The summed E-state index contributed by atoms with van der Waals surface area (Å²) >= 11 is 0. The Kier molecular flexibility index (Phi) is 8.05. The number of carbonyl (C=O) groups is 2. The number of benzene rings is 3. The number of amides is 2. The van der Waals surface area contributed by atoms with Gasteiger partial charge < -0.3 is 15.0 Å². The lowest BCUT2D eigenvalue weighted by atomic mass is 10.0. The maximum absolute atomic E-state index is 13.9. The van der Waals surface area contributed by atoms with Crippen LogP contribution in [0.1, 0.15) is 30.9 Å². The first kappa shape index (κ1) is 25.4. The monoisotopic (exact) mass is 496 g/mol. The van der Waals surface area contributed by atoms with Gasteiger partial charge in [-0.25, -0.2) is 13.2 Å². The summed E-state index contributed by atoms with van der Waals surface area (Å²) in [6.07, 6.45) is 0.828. The van der Waals surface area contributed by atoms with Crippen molar-refractivity contribution < 1.29 is 27.5 Å². The van der Waals surface area contributed by atoms with Crippen LogP contribution < -0.4 is 5.32 Å². The predicted molar refractivity (Wildman–Crippen MR) is 131 cm³/mol. The number of nitrogens with zero attached hydrogens (tertiary/aromatic N) is 1. The molecule has 188 valence electrons. The first-order chi connectivity index (χ1) is 17.3. The maximum atomic E-state index is 13.9. The van der Waals surface area contributed by atoms with Gasteiger partial charge in [-0.1, -0.05) is 30.3 Å². The van der Waals surface area contributed by atoms with Crippen LogP contribution in [0.2, 0.25) is 0 Å². The van der Waals surface area contributed by atoms with E-state index in [0.29, 0.717) is 38.6 Å². The predicted octanol–water partition coefficient (Wildman–Crippen LogP) is 5.48. The molecule has 0 spiro atoms. The van der Waals surface area contributed by atoms with Crippen LogP contribution in [0.3, 0.4) is 0 Å². The molecule has 0 radical (unpaired) electrons. The molecule has 8 heteroatoms. The molecule has 1 heterocycles. The number of anilines is 1. The van der Waals surface area contributed by atoms with Crippen LogP contribution in [0.4, 0.5) is 18.9 Å². The SMILES string of the molecule is CC(=O)Nc1ccc(-c2cccc(COC3CCN(C(=O)Cc4cc(F)cc(F)c4F)CC3)c2)cc1. The minimum Gasteiger partial charge on any atom is -0.373 e. The first-order valence-electron chi connectivity index (χ1n) is 11.8. The standard InChI is InChI=1S/C28H27F3N2O3/c1-18(34)32-24-7-5-20(6-8-24)21-4-2-3-19(13-21)17-36-25-9-11-33(12-10-25)27(35)15-22-14-23(29)16-26(30)28(22)31/h2-8,13-14,16,25H,9-12,15,17H2,1H3,(H,32,34). The highest BCUT2D eigenvalue weighted by Gasteiger charge is 2.25. The number of halogens is 3. The van der Waals surface area contributed by atoms with Gasteiger partial charge >= 0.3 is 0 Å². The Morgan fingerprint density at radius 3 is 2.39 bits per heavy atom. The van der Waals surface area contributed by atoms with Gasteiger partial charge in [-0.3, -0.25) is 9.59 Å². The fourth-order valence-electron chi connectivity index (χ4n) is 4.29. The second-order valence-corrected chi connectivity index (χ2v) is 8.89. The molecule has 3 aromatic carbocycles. The number of rotatable bonds is 7. The van der Waals surface area contributed by atoms with E-state index in [9.17, 15) is 22.8 Å². The lowest BCUT2D eigenvalue weighted by molar-refractivity contribution is -0.133. The molecule has 2 amide bonds. The van der Waals surface area contributed by atoms with Gasteiger partial charge in [0, 0.05) is 37.3 Å². The summed E-state index contributed by atoms with van der Waals surface area (Å²) in [5.74, 6) is -3.87. The summed E-state index contributed by atoms with van der Waals surface area (Å²) in [5.41, 5.74) is 3.53. The van der Waals surface area contributed by atoms with Crippen LogP contribution in [-0.2, 0) is 27.4 Å². The highest BCUT2D eigenvalue weighted by molar-refractivity contribution is 5.89. The molecular weight excluding hydrogens is 469 g/mol. The van der Waals surface area contributed by atoms with Crippen LogP contribution in [-0.4, -0.2) is 35.9 Å².